The summed E-state index contributed by atoms with van der Waals surface area (Å²) in [5, 5.41) is 0.988. The largest absolute Gasteiger partial charge is 1.00 e. The Labute approximate surface area is 145 Å². The zero-order valence-electron chi connectivity index (χ0n) is 11.8. The molecule has 1 aliphatic rings. The fraction of sp³-hybridized carbons (Fsp3) is 0.118. The second-order valence-corrected chi connectivity index (χ2v) is 5.71. The molecule has 2 aromatic rings. The molecular formula is C17H15AgN2S. The molecule has 0 saturated carbocycles. The number of para-hydroxylation sites is 1. The molecule has 2 nitrogen and oxygen atoms in total. The van der Waals surface area contributed by atoms with Gasteiger partial charge < -0.3 is 4.90 Å². The molecule has 0 bridgehead atoms. The Hall–Kier alpha value is -1.26. The van der Waals surface area contributed by atoms with Crippen molar-refractivity contribution in [2.75, 3.05) is 14.1 Å². The van der Waals surface area contributed by atoms with Gasteiger partial charge >= 0.3 is 22.4 Å². The van der Waals surface area contributed by atoms with Crippen LogP contribution in [0.3, 0.4) is 0 Å². The van der Waals surface area contributed by atoms with Gasteiger partial charge in [-0.3, -0.25) is 0 Å². The van der Waals surface area contributed by atoms with Gasteiger partial charge in [0.25, 0.3) is 0 Å². The Bertz CT molecular complexity index is 678. The Morgan fingerprint density at radius 3 is 2.33 bits per heavy atom. The second kappa shape index (κ2) is 7.14. The summed E-state index contributed by atoms with van der Waals surface area (Å²) in [6, 6.07) is 18.4. The molecule has 0 atom stereocenters. The van der Waals surface area contributed by atoms with Crippen LogP contribution in [0.1, 0.15) is 11.1 Å². The number of hydrogen-bond donors (Lipinski definition) is 0. The molecule has 110 valence electrons. The van der Waals surface area contributed by atoms with E-state index >= 15 is 0 Å². The normalized spacial score (nSPS) is 15.0. The van der Waals surface area contributed by atoms with Crippen LogP contribution in [-0.4, -0.2) is 24.2 Å². The summed E-state index contributed by atoms with van der Waals surface area (Å²) in [5.74, 6) is 0. The zero-order chi connectivity index (χ0) is 13.9. The molecule has 0 aromatic heterocycles. The molecule has 1 heterocycles. The molecule has 4 heteroatoms. The van der Waals surface area contributed by atoms with Gasteiger partial charge in [0.15, 0.2) is 5.17 Å². The third kappa shape index (κ3) is 3.69. The third-order valence-electron chi connectivity index (χ3n) is 2.97. The predicted octanol–water partition coefficient (Wildman–Crippen LogP) is 4.17. The van der Waals surface area contributed by atoms with Crippen molar-refractivity contribution >= 4 is 27.5 Å². The van der Waals surface area contributed by atoms with Crippen molar-refractivity contribution in [3.8, 4) is 0 Å². The van der Waals surface area contributed by atoms with Crippen molar-refractivity contribution in [3.05, 3.63) is 71.8 Å². The second-order valence-electron chi connectivity index (χ2n) is 4.73. The molecule has 0 fully saturated rings. The summed E-state index contributed by atoms with van der Waals surface area (Å²) in [4.78, 5) is 7.83. The fourth-order valence-electron chi connectivity index (χ4n) is 1.97. The summed E-state index contributed by atoms with van der Waals surface area (Å²) < 4.78 is 0. The van der Waals surface area contributed by atoms with E-state index in [2.05, 4.69) is 29.3 Å². The summed E-state index contributed by atoms with van der Waals surface area (Å²) in [6.07, 6.45) is 3.49. The number of nitrogens with zero attached hydrogens (tertiary/aromatic N) is 2. The standard InChI is InChI=1S/C17H15N2S.Ag/c1-19(2)17-18-15-11-7-6-10-14(15)16(20-17)12-13-8-4-3-5-9-13;/h3-11H,1-2H3;/q-1;+1. The zero-order valence-corrected chi connectivity index (χ0v) is 14.1. The average Bonchev–Trinajstić information content (AvgIpc) is 2.48. The number of fused-ring (bicyclic) bond motifs is 1. The number of rotatable bonds is 1. The summed E-state index contributed by atoms with van der Waals surface area (Å²) >= 11 is 1.66. The van der Waals surface area contributed by atoms with E-state index < -0.39 is 0 Å². The van der Waals surface area contributed by atoms with Gasteiger partial charge in [-0.2, -0.15) is 0 Å². The molecule has 0 spiro atoms. The number of thioether (sulfide) groups is 1. The summed E-state index contributed by atoms with van der Waals surface area (Å²) in [5.41, 5.74) is 3.24. The van der Waals surface area contributed by atoms with Crippen LogP contribution in [0.15, 0.2) is 59.6 Å². The van der Waals surface area contributed by atoms with E-state index in [1.807, 2.05) is 55.4 Å². The predicted molar refractivity (Wildman–Crippen MR) is 87.0 cm³/mol. The number of hydrogen-bond acceptors (Lipinski definition) is 3. The van der Waals surface area contributed by atoms with Gasteiger partial charge in [0, 0.05) is 19.8 Å². The third-order valence-corrected chi connectivity index (χ3v) is 4.14. The van der Waals surface area contributed by atoms with Crippen LogP contribution < -0.4 is 0 Å². The van der Waals surface area contributed by atoms with E-state index in [0.29, 0.717) is 0 Å². The minimum atomic E-state index is 0. The molecule has 0 amide bonds. The molecule has 0 aliphatic carbocycles. The van der Waals surface area contributed by atoms with E-state index in [1.165, 1.54) is 0 Å². The SMILES string of the molecule is CN(C)C1=Nc2ccccc2C(=[C-]c2ccccc2)S1.[Ag+]. The van der Waals surface area contributed by atoms with E-state index in [0.717, 1.165) is 26.9 Å². The molecule has 2 aromatic carbocycles. The van der Waals surface area contributed by atoms with Crippen LogP contribution in [-0.2, 0) is 22.4 Å². The Morgan fingerprint density at radius 1 is 0.952 bits per heavy atom. The average molecular weight is 387 g/mol. The first kappa shape index (κ1) is 16.1. The smallest absolute Gasteiger partial charge is 0.357 e. The van der Waals surface area contributed by atoms with Crippen molar-refractivity contribution in [1.82, 2.24) is 4.90 Å². The molecule has 0 unspecified atom stereocenters. The molecular weight excluding hydrogens is 372 g/mol. The van der Waals surface area contributed by atoms with Gasteiger partial charge in [-0.05, 0) is 6.07 Å². The molecule has 0 saturated heterocycles. The topological polar surface area (TPSA) is 15.6 Å². The van der Waals surface area contributed by atoms with E-state index in [4.69, 9.17) is 0 Å². The van der Waals surface area contributed by atoms with Crippen LogP contribution in [0.25, 0.3) is 4.91 Å². The van der Waals surface area contributed by atoms with E-state index in [9.17, 15) is 0 Å². The molecule has 3 rings (SSSR count). The minimum Gasteiger partial charge on any atom is -0.357 e. The first-order chi connectivity index (χ1) is 9.74. The van der Waals surface area contributed by atoms with Gasteiger partial charge in [0.1, 0.15) is 0 Å². The van der Waals surface area contributed by atoms with Crippen LogP contribution in [0.5, 0.6) is 0 Å². The van der Waals surface area contributed by atoms with Gasteiger partial charge in [-0.25, -0.2) is 4.99 Å². The van der Waals surface area contributed by atoms with Crippen LogP contribution in [0, 0.1) is 6.08 Å². The molecule has 0 N–H and O–H groups in total. The number of amidine groups is 1. The van der Waals surface area contributed by atoms with Crippen LogP contribution >= 0.6 is 11.8 Å². The number of aliphatic imine (C=N–C) groups is 1. The maximum atomic E-state index is 4.68. The monoisotopic (exact) mass is 386 g/mol. The summed E-state index contributed by atoms with van der Waals surface area (Å²) in [6.45, 7) is 0. The van der Waals surface area contributed by atoms with Crippen LogP contribution in [0.4, 0.5) is 5.69 Å². The van der Waals surface area contributed by atoms with Crippen LogP contribution in [0.2, 0.25) is 0 Å². The van der Waals surface area contributed by atoms with Crippen molar-refractivity contribution in [2.24, 2.45) is 4.99 Å². The molecule has 0 radical (unpaired) electrons. The Morgan fingerprint density at radius 2 is 1.62 bits per heavy atom. The maximum Gasteiger partial charge on any atom is 1.00 e. The van der Waals surface area contributed by atoms with Crippen molar-refractivity contribution in [3.63, 3.8) is 0 Å². The first-order valence-corrected chi connectivity index (χ1v) is 7.28. The van der Waals surface area contributed by atoms with E-state index in [-0.39, 0.29) is 22.4 Å². The summed E-state index contributed by atoms with van der Waals surface area (Å²) in [7, 11) is 4.03. The fourth-order valence-corrected chi connectivity index (χ4v) is 2.93. The van der Waals surface area contributed by atoms with E-state index in [1.54, 1.807) is 11.8 Å². The Kier molecular flexibility index (Phi) is 5.48. The van der Waals surface area contributed by atoms with Crippen molar-refractivity contribution in [2.45, 2.75) is 0 Å². The maximum absolute atomic E-state index is 4.68. The van der Waals surface area contributed by atoms with Gasteiger partial charge in [-0.1, -0.05) is 46.5 Å². The van der Waals surface area contributed by atoms with Crippen molar-refractivity contribution in [1.29, 1.82) is 0 Å². The van der Waals surface area contributed by atoms with Crippen molar-refractivity contribution < 1.29 is 22.4 Å². The van der Waals surface area contributed by atoms with Gasteiger partial charge in [-0.15, -0.1) is 35.9 Å². The number of benzene rings is 2. The van der Waals surface area contributed by atoms with Gasteiger partial charge in [0.2, 0.25) is 0 Å². The van der Waals surface area contributed by atoms with Gasteiger partial charge in [0.05, 0.1) is 0 Å². The molecule has 21 heavy (non-hydrogen) atoms. The minimum absolute atomic E-state index is 0. The Balaban J connectivity index is 0.00000161. The quantitative estimate of drug-likeness (QED) is 0.539. The first-order valence-electron chi connectivity index (χ1n) is 6.46. The molecule has 1 aliphatic heterocycles.